The van der Waals surface area contributed by atoms with Crippen molar-refractivity contribution in [3.05, 3.63) is 88.9 Å². The van der Waals surface area contributed by atoms with Crippen molar-refractivity contribution < 1.29 is 22.7 Å². The van der Waals surface area contributed by atoms with Gasteiger partial charge in [-0.05, 0) is 72.8 Å². The number of carbonyl (C=O) groups excluding carboxylic acids is 1. The van der Waals surface area contributed by atoms with Crippen LogP contribution in [0.15, 0.2) is 60.8 Å². The number of piperazine rings is 1. The number of methoxy groups -OCH3 is 1. The molecule has 2 saturated heterocycles. The highest BCUT2D eigenvalue weighted by atomic mass is 19.4. The van der Waals surface area contributed by atoms with Crippen LogP contribution in [0.4, 0.5) is 13.2 Å². The Labute approximate surface area is 248 Å². The molecule has 0 aliphatic carbocycles. The number of nitrogens with one attached hydrogen (secondary N) is 1. The summed E-state index contributed by atoms with van der Waals surface area (Å²) >= 11 is 0. The second kappa shape index (κ2) is 12.3. The number of likely N-dealkylation sites (tertiary alicyclic amines) is 1. The van der Waals surface area contributed by atoms with Gasteiger partial charge in [0, 0.05) is 51.5 Å². The lowest BCUT2D eigenvalue weighted by molar-refractivity contribution is -0.137. The minimum atomic E-state index is -4.34. The summed E-state index contributed by atoms with van der Waals surface area (Å²) in [5.74, 6) is 1.29. The number of nitrogens with zero attached hydrogens (tertiary/aromatic N) is 5. The first-order valence-electron chi connectivity index (χ1n) is 14.6. The summed E-state index contributed by atoms with van der Waals surface area (Å²) in [6, 6.07) is 15.5. The summed E-state index contributed by atoms with van der Waals surface area (Å²) in [4.78, 5) is 31.8. The molecule has 0 radical (unpaired) electrons. The zero-order chi connectivity index (χ0) is 30.0. The maximum atomic E-state index is 13.3. The Morgan fingerprint density at radius 3 is 2.23 bits per heavy atom. The zero-order valence-corrected chi connectivity index (χ0v) is 24.1. The van der Waals surface area contributed by atoms with Gasteiger partial charge < -0.3 is 14.6 Å². The van der Waals surface area contributed by atoms with E-state index in [0.29, 0.717) is 50.3 Å². The van der Waals surface area contributed by atoms with Crippen LogP contribution in [-0.4, -0.2) is 81.9 Å². The third-order valence-electron chi connectivity index (χ3n) is 8.53. The molecule has 1 amide bonds. The van der Waals surface area contributed by atoms with Crippen molar-refractivity contribution in [1.82, 2.24) is 29.7 Å². The number of alkyl halides is 3. The molecule has 8 nitrogen and oxygen atoms in total. The summed E-state index contributed by atoms with van der Waals surface area (Å²) in [6.45, 7) is 5.79. The van der Waals surface area contributed by atoms with E-state index in [-0.39, 0.29) is 5.91 Å². The number of halogens is 3. The highest BCUT2D eigenvalue weighted by Gasteiger charge is 2.30. The Morgan fingerprint density at radius 1 is 0.907 bits per heavy atom. The zero-order valence-electron chi connectivity index (χ0n) is 24.1. The van der Waals surface area contributed by atoms with E-state index in [9.17, 15) is 18.0 Å². The average molecular weight is 593 g/mol. The maximum Gasteiger partial charge on any atom is 0.416 e. The molecule has 2 aromatic carbocycles. The smallest absolute Gasteiger partial charge is 0.416 e. The molecule has 6 rings (SSSR count). The molecule has 1 N–H and O–H groups in total. The molecule has 4 aromatic rings. The summed E-state index contributed by atoms with van der Waals surface area (Å²) in [5, 5.41) is 0. The van der Waals surface area contributed by atoms with E-state index in [1.54, 1.807) is 12.0 Å². The van der Waals surface area contributed by atoms with Gasteiger partial charge in [0.2, 0.25) is 5.88 Å². The van der Waals surface area contributed by atoms with E-state index in [4.69, 9.17) is 4.74 Å². The number of imidazole rings is 1. The molecular weight excluding hydrogens is 557 g/mol. The van der Waals surface area contributed by atoms with E-state index in [0.717, 1.165) is 61.2 Å². The van der Waals surface area contributed by atoms with Gasteiger partial charge in [-0.3, -0.25) is 14.6 Å². The fourth-order valence-electron chi connectivity index (χ4n) is 6.01. The van der Waals surface area contributed by atoms with Crippen molar-refractivity contribution in [3.8, 4) is 5.88 Å². The monoisotopic (exact) mass is 592 g/mol. The molecule has 11 heteroatoms. The lowest BCUT2D eigenvalue weighted by Crippen LogP contribution is -2.48. The number of carbonyl (C=O) groups is 1. The summed E-state index contributed by atoms with van der Waals surface area (Å²) < 4.78 is 43.7. The first-order chi connectivity index (χ1) is 20.7. The Kier molecular flexibility index (Phi) is 8.36. The van der Waals surface area contributed by atoms with Gasteiger partial charge in [-0.2, -0.15) is 13.2 Å². The molecule has 4 heterocycles. The molecule has 2 aliphatic rings. The molecule has 226 valence electrons. The fourth-order valence-corrected chi connectivity index (χ4v) is 6.01. The van der Waals surface area contributed by atoms with E-state index in [2.05, 4.69) is 43.0 Å². The number of amides is 1. The van der Waals surface area contributed by atoms with Crippen LogP contribution in [0.5, 0.6) is 5.88 Å². The molecule has 0 spiro atoms. The minimum Gasteiger partial charge on any atom is -0.481 e. The summed E-state index contributed by atoms with van der Waals surface area (Å²) in [7, 11) is 1.62. The lowest BCUT2D eigenvalue weighted by Gasteiger charge is -2.34. The van der Waals surface area contributed by atoms with Gasteiger partial charge in [-0.15, -0.1) is 0 Å². The average Bonchev–Trinajstić information content (AvgIpc) is 3.45. The van der Waals surface area contributed by atoms with Crippen molar-refractivity contribution in [1.29, 1.82) is 0 Å². The number of piperidine rings is 1. The number of ether oxygens (including phenoxy) is 1. The molecule has 0 unspecified atom stereocenters. The van der Waals surface area contributed by atoms with Gasteiger partial charge in [0.1, 0.15) is 0 Å². The van der Waals surface area contributed by atoms with Crippen molar-refractivity contribution in [3.63, 3.8) is 0 Å². The highest BCUT2D eigenvalue weighted by Crippen LogP contribution is 2.31. The molecule has 2 aromatic heterocycles. The van der Waals surface area contributed by atoms with Crippen LogP contribution in [0.2, 0.25) is 0 Å². The van der Waals surface area contributed by atoms with Crippen LogP contribution in [0.1, 0.15) is 51.6 Å². The Hall–Kier alpha value is -3.96. The number of pyridine rings is 1. The number of fused-ring (bicyclic) bond motifs is 1. The largest absolute Gasteiger partial charge is 0.481 e. The van der Waals surface area contributed by atoms with Gasteiger partial charge in [0.05, 0.1) is 23.7 Å². The summed E-state index contributed by atoms with van der Waals surface area (Å²) in [6.07, 6.45) is -0.339. The molecule has 0 atom stereocenters. The van der Waals surface area contributed by atoms with Gasteiger partial charge in [0.15, 0.2) is 5.82 Å². The molecule has 2 fully saturated rings. The van der Waals surface area contributed by atoms with Gasteiger partial charge in [-0.1, -0.05) is 24.3 Å². The van der Waals surface area contributed by atoms with Crippen LogP contribution in [0.3, 0.4) is 0 Å². The van der Waals surface area contributed by atoms with Gasteiger partial charge in [-0.25, -0.2) is 9.97 Å². The Bertz CT molecular complexity index is 1540. The molecule has 0 saturated carbocycles. The van der Waals surface area contributed by atoms with Crippen molar-refractivity contribution >= 4 is 16.9 Å². The van der Waals surface area contributed by atoms with Crippen LogP contribution in [0.25, 0.3) is 11.0 Å². The predicted octanol–water partition coefficient (Wildman–Crippen LogP) is 5.32. The van der Waals surface area contributed by atoms with Crippen molar-refractivity contribution in [2.75, 3.05) is 46.4 Å². The van der Waals surface area contributed by atoms with Crippen LogP contribution in [0, 0.1) is 0 Å². The number of aromatic nitrogens is 3. The van der Waals surface area contributed by atoms with E-state index < -0.39 is 11.7 Å². The standard InChI is InChI=1S/C32H35F3N6O2/c1-43-29-9-4-23(19-36-29)21-39-12-10-24(11-13-39)25-5-8-27-28(18-25)38-30(37-27)31(42)41-16-14-40(15-17-41)20-22-2-6-26(7-3-22)32(33,34)35/h2-9,18-19,24H,10-17,20-21H2,1H3,(H,37,38). The maximum absolute atomic E-state index is 13.3. The first kappa shape index (κ1) is 29.1. The van der Waals surface area contributed by atoms with E-state index in [1.807, 2.05) is 18.3 Å². The second-order valence-electron chi connectivity index (χ2n) is 11.4. The van der Waals surface area contributed by atoms with E-state index >= 15 is 0 Å². The Balaban J connectivity index is 1.01. The highest BCUT2D eigenvalue weighted by molar-refractivity contribution is 5.94. The topological polar surface area (TPSA) is 77.6 Å². The molecule has 2 aliphatic heterocycles. The van der Waals surface area contributed by atoms with Crippen LogP contribution >= 0.6 is 0 Å². The van der Waals surface area contributed by atoms with Gasteiger partial charge >= 0.3 is 6.18 Å². The third kappa shape index (κ3) is 6.83. The van der Waals surface area contributed by atoms with E-state index in [1.165, 1.54) is 23.3 Å². The Morgan fingerprint density at radius 2 is 1.58 bits per heavy atom. The number of rotatable bonds is 7. The number of H-pyrrole nitrogens is 1. The number of hydrogen-bond donors (Lipinski definition) is 1. The van der Waals surface area contributed by atoms with Crippen molar-refractivity contribution in [2.45, 2.75) is 38.0 Å². The normalized spacial score (nSPS) is 17.4. The number of benzene rings is 2. The number of hydrogen-bond acceptors (Lipinski definition) is 6. The second-order valence-corrected chi connectivity index (χ2v) is 11.4. The predicted molar refractivity (Wildman–Crippen MR) is 157 cm³/mol. The van der Waals surface area contributed by atoms with Crippen LogP contribution < -0.4 is 4.74 Å². The molecule has 0 bridgehead atoms. The fraction of sp³-hybridized carbons (Fsp3) is 0.406. The SMILES string of the molecule is COc1ccc(CN2CCC(c3ccc4nc(C(=O)N5CCN(Cc6ccc(C(F)(F)F)cc6)CC5)[nH]c4c3)CC2)cn1. The van der Waals surface area contributed by atoms with Crippen molar-refractivity contribution in [2.24, 2.45) is 0 Å². The molecule has 43 heavy (non-hydrogen) atoms. The quantitative estimate of drug-likeness (QED) is 0.313. The minimum absolute atomic E-state index is 0.131. The summed E-state index contributed by atoms with van der Waals surface area (Å²) in [5.41, 5.74) is 4.26. The molecular formula is C32H35F3N6O2. The number of aromatic amines is 1. The van der Waals surface area contributed by atoms with Gasteiger partial charge in [0.25, 0.3) is 5.91 Å². The first-order valence-corrected chi connectivity index (χ1v) is 14.6. The van der Waals surface area contributed by atoms with Crippen LogP contribution in [-0.2, 0) is 19.3 Å². The lowest BCUT2D eigenvalue weighted by atomic mass is 9.89. The third-order valence-corrected chi connectivity index (χ3v) is 8.53.